The monoisotopic (exact) mass is 145 g/mol. The first kappa shape index (κ1) is 6.96. The second kappa shape index (κ2) is 2.23. The molecular formula is C6H11NOS. The lowest BCUT2D eigenvalue weighted by Gasteiger charge is -2.20. The molecule has 0 aromatic carbocycles. The zero-order valence-electron chi connectivity index (χ0n) is 5.52. The number of rotatable bonds is 1. The Morgan fingerprint density at radius 2 is 2.44 bits per heavy atom. The molecule has 1 atom stereocenters. The molecule has 0 amide bonds. The summed E-state index contributed by atoms with van der Waals surface area (Å²) in [6.07, 6.45) is 2.05. The summed E-state index contributed by atoms with van der Waals surface area (Å²) in [4.78, 5) is 0.486. The summed E-state index contributed by atoms with van der Waals surface area (Å²) in [6, 6.07) is 0. The molecule has 0 spiro atoms. The molecule has 9 heavy (non-hydrogen) atoms. The van der Waals surface area contributed by atoms with Crippen molar-refractivity contribution in [1.29, 1.82) is 0 Å². The van der Waals surface area contributed by atoms with Gasteiger partial charge in [-0.1, -0.05) is 12.2 Å². The fraction of sp³-hybridized carbons (Fsp3) is 0.833. The molecule has 2 nitrogen and oxygen atoms in total. The van der Waals surface area contributed by atoms with Crippen LogP contribution in [-0.4, -0.2) is 17.2 Å². The van der Waals surface area contributed by atoms with Crippen LogP contribution in [0.2, 0.25) is 0 Å². The molecule has 52 valence electrons. The highest BCUT2D eigenvalue weighted by Crippen LogP contribution is 2.24. The Morgan fingerprint density at radius 1 is 1.78 bits per heavy atom. The van der Waals surface area contributed by atoms with Gasteiger partial charge in [0.25, 0.3) is 0 Å². The predicted octanol–water partition coefficient (Wildman–Crippen LogP) is 0.842. The summed E-state index contributed by atoms with van der Waals surface area (Å²) in [7, 11) is 0. The standard InChI is InChI=1S/C6H11NOS/c1-6(5(7)9)3-2-4-8-6/h2-4H2,1H3,(H2,7,9). The summed E-state index contributed by atoms with van der Waals surface area (Å²) < 4.78 is 5.34. The van der Waals surface area contributed by atoms with Crippen LogP contribution in [0.5, 0.6) is 0 Å². The van der Waals surface area contributed by atoms with Crippen molar-refractivity contribution in [1.82, 2.24) is 0 Å². The molecule has 0 aliphatic carbocycles. The first-order chi connectivity index (χ1) is 4.15. The third kappa shape index (κ3) is 1.22. The topological polar surface area (TPSA) is 35.2 Å². The third-order valence-electron chi connectivity index (χ3n) is 1.74. The molecule has 0 radical (unpaired) electrons. The second-order valence-electron chi connectivity index (χ2n) is 2.55. The minimum Gasteiger partial charge on any atom is -0.391 e. The molecule has 3 heteroatoms. The first-order valence-electron chi connectivity index (χ1n) is 3.09. The van der Waals surface area contributed by atoms with Gasteiger partial charge >= 0.3 is 0 Å². The van der Waals surface area contributed by atoms with Gasteiger partial charge in [0.2, 0.25) is 0 Å². The summed E-state index contributed by atoms with van der Waals surface area (Å²) in [5.74, 6) is 0. The molecule has 1 aliphatic rings. The Hall–Kier alpha value is -0.150. The van der Waals surface area contributed by atoms with Crippen molar-refractivity contribution in [2.45, 2.75) is 25.4 Å². The number of ether oxygens (including phenoxy) is 1. The van der Waals surface area contributed by atoms with Gasteiger partial charge in [-0.05, 0) is 19.8 Å². The highest BCUT2D eigenvalue weighted by atomic mass is 32.1. The van der Waals surface area contributed by atoms with E-state index in [4.69, 9.17) is 22.7 Å². The lowest BCUT2D eigenvalue weighted by Crippen LogP contribution is -2.38. The molecule has 0 saturated carbocycles. The van der Waals surface area contributed by atoms with E-state index in [9.17, 15) is 0 Å². The van der Waals surface area contributed by atoms with Gasteiger partial charge in [-0.3, -0.25) is 0 Å². The predicted molar refractivity (Wildman–Crippen MR) is 40.4 cm³/mol. The van der Waals surface area contributed by atoms with Crippen LogP contribution < -0.4 is 5.73 Å². The number of hydrogen-bond acceptors (Lipinski definition) is 2. The fourth-order valence-electron chi connectivity index (χ4n) is 0.973. The minimum atomic E-state index is -0.296. The number of thiocarbonyl (C=S) groups is 1. The second-order valence-corrected chi connectivity index (χ2v) is 2.99. The van der Waals surface area contributed by atoms with Gasteiger partial charge in [0.05, 0.1) is 0 Å². The first-order valence-corrected chi connectivity index (χ1v) is 3.50. The molecule has 1 aliphatic heterocycles. The van der Waals surface area contributed by atoms with Crippen molar-refractivity contribution in [3.8, 4) is 0 Å². The molecule has 1 heterocycles. The molecule has 0 bridgehead atoms. The van der Waals surface area contributed by atoms with Crippen LogP contribution in [0.1, 0.15) is 19.8 Å². The van der Waals surface area contributed by atoms with Crippen molar-refractivity contribution in [2.75, 3.05) is 6.61 Å². The molecule has 1 fully saturated rings. The maximum Gasteiger partial charge on any atom is 0.115 e. The maximum absolute atomic E-state index is 5.44. The van der Waals surface area contributed by atoms with Crippen molar-refractivity contribution in [3.05, 3.63) is 0 Å². The number of hydrogen-bond donors (Lipinski definition) is 1. The Kier molecular flexibility index (Phi) is 1.73. The van der Waals surface area contributed by atoms with Crippen molar-refractivity contribution >= 4 is 17.2 Å². The van der Waals surface area contributed by atoms with Crippen LogP contribution in [0.3, 0.4) is 0 Å². The van der Waals surface area contributed by atoms with Crippen molar-refractivity contribution in [2.24, 2.45) is 5.73 Å². The Bertz CT molecular complexity index is 129. The van der Waals surface area contributed by atoms with Crippen LogP contribution in [0.4, 0.5) is 0 Å². The molecule has 1 saturated heterocycles. The summed E-state index contributed by atoms with van der Waals surface area (Å²) in [5.41, 5.74) is 5.14. The summed E-state index contributed by atoms with van der Waals surface area (Å²) in [6.45, 7) is 2.75. The quantitative estimate of drug-likeness (QED) is 0.555. The van der Waals surface area contributed by atoms with E-state index in [2.05, 4.69) is 0 Å². The van der Waals surface area contributed by atoms with E-state index in [1.54, 1.807) is 0 Å². The number of nitrogens with two attached hydrogens (primary N) is 1. The van der Waals surface area contributed by atoms with Crippen LogP contribution in [0, 0.1) is 0 Å². The van der Waals surface area contributed by atoms with Crippen LogP contribution in [0.25, 0.3) is 0 Å². The Balaban J connectivity index is 2.61. The molecule has 0 aromatic rings. The maximum atomic E-state index is 5.44. The van der Waals surface area contributed by atoms with Gasteiger partial charge in [0, 0.05) is 6.61 Å². The van der Waals surface area contributed by atoms with E-state index in [1.807, 2.05) is 6.92 Å². The van der Waals surface area contributed by atoms with Gasteiger partial charge in [-0.2, -0.15) is 0 Å². The summed E-state index contributed by atoms with van der Waals surface area (Å²) >= 11 is 4.82. The highest BCUT2D eigenvalue weighted by Gasteiger charge is 2.32. The van der Waals surface area contributed by atoms with Gasteiger partial charge in [-0.25, -0.2) is 0 Å². The molecular weight excluding hydrogens is 134 g/mol. The van der Waals surface area contributed by atoms with Crippen molar-refractivity contribution in [3.63, 3.8) is 0 Å². The van der Waals surface area contributed by atoms with E-state index in [-0.39, 0.29) is 5.60 Å². The average molecular weight is 145 g/mol. The zero-order valence-corrected chi connectivity index (χ0v) is 6.33. The van der Waals surface area contributed by atoms with Crippen LogP contribution in [-0.2, 0) is 4.74 Å². The van der Waals surface area contributed by atoms with Gasteiger partial charge in [0.15, 0.2) is 0 Å². The third-order valence-corrected chi connectivity index (χ3v) is 2.17. The normalized spacial score (nSPS) is 34.8. The lowest BCUT2D eigenvalue weighted by atomic mass is 10.0. The van der Waals surface area contributed by atoms with Gasteiger partial charge < -0.3 is 10.5 Å². The summed E-state index contributed by atoms with van der Waals surface area (Å²) in [5, 5.41) is 0. The SMILES string of the molecule is CC1(C(N)=S)CCCO1. The van der Waals surface area contributed by atoms with Crippen LogP contribution in [0.15, 0.2) is 0 Å². The van der Waals surface area contributed by atoms with E-state index in [0.29, 0.717) is 4.99 Å². The van der Waals surface area contributed by atoms with E-state index < -0.39 is 0 Å². The van der Waals surface area contributed by atoms with Crippen molar-refractivity contribution < 1.29 is 4.74 Å². The highest BCUT2D eigenvalue weighted by molar-refractivity contribution is 7.80. The molecule has 2 N–H and O–H groups in total. The smallest absolute Gasteiger partial charge is 0.115 e. The van der Waals surface area contributed by atoms with E-state index in [1.165, 1.54) is 0 Å². The van der Waals surface area contributed by atoms with E-state index in [0.717, 1.165) is 19.4 Å². The largest absolute Gasteiger partial charge is 0.391 e. The van der Waals surface area contributed by atoms with Gasteiger partial charge in [0.1, 0.15) is 10.6 Å². The fourth-order valence-corrected chi connectivity index (χ4v) is 1.13. The van der Waals surface area contributed by atoms with E-state index >= 15 is 0 Å². The molecule has 1 unspecified atom stereocenters. The average Bonchev–Trinajstić information content (AvgIpc) is 2.16. The Morgan fingerprint density at radius 3 is 2.67 bits per heavy atom. The lowest BCUT2D eigenvalue weighted by molar-refractivity contribution is 0.0788. The zero-order chi connectivity index (χ0) is 6.91. The van der Waals surface area contributed by atoms with Crippen LogP contribution >= 0.6 is 12.2 Å². The minimum absolute atomic E-state index is 0.296. The molecule has 0 aromatic heterocycles. The molecule has 1 rings (SSSR count). The Labute approximate surface area is 60.4 Å². The van der Waals surface area contributed by atoms with Gasteiger partial charge in [-0.15, -0.1) is 0 Å².